The highest BCUT2D eigenvalue weighted by Gasteiger charge is 2.51. The van der Waals surface area contributed by atoms with Crippen molar-refractivity contribution in [2.45, 2.75) is 38.3 Å². The molecule has 15 heavy (non-hydrogen) atoms. The van der Waals surface area contributed by atoms with Gasteiger partial charge in [0.25, 0.3) is 0 Å². The number of methoxy groups -OCH3 is 1. The number of ether oxygens (including phenoxy) is 1. The fourth-order valence-electron chi connectivity index (χ4n) is 2.88. The smallest absolute Gasteiger partial charge is 0.0589 e. The second kappa shape index (κ2) is 4.40. The van der Waals surface area contributed by atoms with Gasteiger partial charge < -0.3 is 4.74 Å². The molecule has 1 spiro atoms. The molecular formula is C12H24N2O. The van der Waals surface area contributed by atoms with Gasteiger partial charge in [-0.3, -0.25) is 9.80 Å². The van der Waals surface area contributed by atoms with Crippen molar-refractivity contribution < 1.29 is 4.74 Å². The summed E-state index contributed by atoms with van der Waals surface area (Å²) in [6.07, 6.45) is 2.79. The summed E-state index contributed by atoms with van der Waals surface area (Å²) in [6.45, 7) is 10.3. The van der Waals surface area contributed by atoms with Crippen molar-refractivity contribution in [1.82, 2.24) is 9.80 Å². The second-order valence-electron chi connectivity index (χ2n) is 5.28. The summed E-state index contributed by atoms with van der Waals surface area (Å²) in [4.78, 5) is 5.27. The number of piperazine rings is 1. The van der Waals surface area contributed by atoms with E-state index < -0.39 is 0 Å². The molecule has 1 heterocycles. The lowest BCUT2D eigenvalue weighted by molar-refractivity contribution is 0.0250. The van der Waals surface area contributed by atoms with Gasteiger partial charge in [0.2, 0.25) is 0 Å². The molecule has 88 valence electrons. The molecule has 1 aliphatic carbocycles. The average molecular weight is 212 g/mol. The Labute approximate surface area is 93.4 Å². The topological polar surface area (TPSA) is 15.7 Å². The van der Waals surface area contributed by atoms with Gasteiger partial charge in [-0.2, -0.15) is 0 Å². The molecule has 0 aromatic carbocycles. The Morgan fingerprint density at radius 2 is 2.00 bits per heavy atom. The summed E-state index contributed by atoms with van der Waals surface area (Å²) in [5, 5.41) is 0. The first kappa shape index (κ1) is 11.4. The first-order chi connectivity index (χ1) is 7.18. The Kier molecular flexibility index (Phi) is 3.33. The molecule has 0 radical (unpaired) electrons. The van der Waals surface area contributed by atoms with Crippen LogP contribution >= 0.6 is 0 Å². The second-order valence-corrected chi connectivity index (χ2v) is 5.28. The van der Waals surface area contributed by atoms with Crippen molar-refractivity contribution in [2.75, 3.05) is 39.9 Å². The lowest BCUT2D eigenvalue weighted by Crippen LogP contribution is -2.57. The summed E-state index contributed by atoms with van der Waals surface area (Å²) in [5.74, 6) is 0. The lowest BCUT2D eigenvalue weighted by atomic mass is 10.1. The average Bonchev–Trinajstić information content (AvgIpc) is 2.94. The largest absolute Gasteiger partial charge is 0.383 e. The molecule has 0 atom stereocenters. The SMILES string of the molecule is COCCN1CCN(C(C)C)C2(CC2)C1. The minimum atomic E-state index is 0.542. The van der Waals surface area contributed by atoms with Crippen LogP contribution in [0.3, 0.4) is 0 Å². The molecule has 1 aliphatic heterocycles. The lowest BCUT2D eigenvalue weighted by Gasteiger charge is -2.44. The van der Waals surface area contributed by atoms with Crippen molar-refractivity contribution in [3.05, 3.63) is 0 Å². The monoisotopic (exact) mass is 212 g/mol. The fourth-order valence-corrected chi connectivity index (χ4v) is 2.88. The van der Waals surface area contributed by atoms with Crippen molar-refractivity contribution in [1.29, 1.82) is 0 Å². The molecule has 3 heteroatoms. The van der Waals surface area contributed by atoms with E-state index in [0.717, 1.165) is 13.2 Å². The van der Waals surface area contributed by atoms with Crippen LogP contribution in [0, 0.1) is 0 Å². The van der Waals surface area contributed by atoms with Gasteiger partial charge in [0, 0.05) is 44.9 Å². The van der Waals surface area contributed by atoms with Crippen LogP contribution in [0.4, 0.5) is 0 Å². The van der Waals surface area contributed by atoms with Crippen LogP contribution in [-0.4, -0.2) is 61.3 Å². The molecule has 0 aromatic rings. The standard InChI is InChI=1S/C12H24N2O/c1-11(2)14-7-6-13(8-9-15-3)10-12(14)4-5-12/h11H,4-10H2,1-3H3. The van der Waals surface area contributed by atoms with Crippen LogP contribution in [0.25, 0.3) is 0 Å². The molecule has 0 bridgehead atoms. The number of hydrogen-bond donors (Lipinski definition) is 0. The first-order valence-electron chi connectivity index (χ1n) is 6.16. The fraction of sp³-hybridized carbons (Fsp3) is 1.00. The van der Waals surface area contributed by atoms with Crippen molar-refractivity contribution in [3.63, 3.8) is 0 Å². The molecule has 3 nitrogen and oxygen atoms in total. The third kappa shape index (κ3) is 2.35. The van der Waals surface area contributed by atoms with Crippen LogP contribution < -0.4 is 0 Å². The number of rotatable bonds is 4. The van der Waals surface area contributed by atoms with Crippen LogP contribution in [0.5, 0.6) is 0 Å². The summed E-state index contributed by atoms with van der Waals surface area (Å²) >= 11 is 0. The van der Waals surface area contributed by atoms with E-state index in [0.29, 0.717) is 11.6 Å². The Morgan fingerprint density at radius 3 is 2.53 bits per heavy atom. The van der Waals surface area contributed by atoms with Gasteiger partial charge in [-0.15, -0.1) is 0 Å². The predicted molar refractivity (Wildman–Crippen MR) is 62.1 cm³/mol. The van der Waals surface area contributed by atoms with E-state index in [1.807, 2.05) is 0 Å². The van der Waals surface area contributed by atoms with Crippen LogP contribution in [0.15, 0.2) is 0 Å². The van der Waals surface area contributed by atoms with E-state index in [-0.39, 0.29) is 0 Å². The Balaban J connectivity index is 1.88. The van der Waals surface area contributed by atoms with Crippen LogP contribution in [-0.2, 0) is 4.74 Å². The molecular weight excluding hydrogens is 188 g/mol. The van der Waals surface area contributed by atoms with E-state index in [2.05, 4.69) is 23.6 Å². The zero-order valence-corrected chi connectivity index (χ0v) is 10.3. The quantitative estimate of drug-likeness (QED) is 0.696. The zero-order chi connectivity index (χ0) is 10.9. The molecule has 0 amide bonds. The third-order valence-electron chi connectivity index (χ3n) is 3.85. The minimum Gasteiger partial charge on any atom is -0.383 e. The van der Waals surface area contributed by atoms with E-state index in [1.54, 1.807) is 7.11 Å². The molecule has 2 aliphatic rings. The molecule has 0 N–H and O–H groups in total. The molecule has 2 rings (SSSR count). The summed E-state index contributed by atoms with van der Waals surface area (Å²) in [7, 11) is 1.79. The maximum atomic E-state index is 5.15. The van der Waals surface area contributed by atoms with Crippen molar-refractivity contribution in [2.24, 2.45) is 0 Å². The van der Waals surface area contributed by atoms with Gasteiger partial charge in [0.05, 0.1) is 6.61 Å². The highest BCUT2D eigenvalue weighted by atomic mass is 16.5. The Morgan fingerprint density at radius 1 is 1.27 bits per heavy atom. The third-order valence-corrected chi connectivity index (χ3v) is 3.85. The van der Waals surface area contributed by atoms with Crippen molar-refractivity contribution >= 4 is 0 Å². The summed E-state index contributed by atoms with van der Waals surface area (Å²) < 4.78 is 5.15. The van der Waals surface area contributed by atoms with Gasteiger partial charge in [-0.25, -0.2) is 0 Å². The van der Waals surface area contributed by atoms with E-state index in [4.69, 9.17) is 4.74 Å². The highest BCUT2D eigenvalue weighted by molar-refractivity contribution is 5.09. The van der Waals surface area contributed by atoms with E-state index in [1.165, 1.54) is 32.5 Å². The molecule has 0 aromatic heterocycles. The van der Waals surface area contributed by atoms with Gasteiger partial charge in [-0.05, 0) is 26.7 Å². The zero-order valence-electron chi connectivity index (χ0n) is 10.3. The van der Waals surface area contributed by atoms with Crippen LogP contribution in [0.2, 0.25) is 0 Å². The van der Waals surface area contributed by atoms with Crippen molar-refractivity contribution in [3.8, 4) is 0 Å². The summed E-state index contributed by atoms with van der Waals surface area (Å²) in [5.41, 5.74) is 0.542. The number of nitrogens with zero attached hydrogens (tertiary/aromatic N) is 2. The Bertz CT molecular complexity index is 214. The molecule has 1 saturated carbocycles. The first-order valence-corrected chi connectivity index (χ1v) is 6.16. The summed E-state index contributed by atoms with van der Waals surface area (Å²) in [6, 6.07) is 0.706. The maximum absolute atomic E-state index is 5.15. The Hall–Kier alpha value is -0.120. The van der Waals surface area contributed by atoms with Crippen LogP contribution in [0.1, 0.15) is 26.7 Å². The normalized spacial score (nSPS) is 26.4. The van der Waals surface area contributed by atoms with Gasteiger partial charge >= 0.3 is 0 Å². The molecule has 1 saturated heterocycles. The van der Waals surface area contributed by atoms with Gasteiger partial charge in [-0.1, -0.05) is 0 Å². The number of hydrogen-bond acceptors (Lipinski definition) is 3. The predicted octanol–water partition coefficient (Wildman–Crippen LogP) is 1.19. The highest BCUT2D eigenvalue weighted by Crippen LogP contribution is 2.45. The maximum Gasteiger partial charge on any atom is 0.0589 e. The van der Waals surface area contributed by atoms with Gasteiger partial charge in [0.15, 0.2) is 0 Å². The molecule has 2 fully saturated rings. The van der Waals surface area contributed by atoms with E-state index >= 15 is 0 Å². The van der Waals surface area contributed by atoms with E-state index in [9.17, 15) is 0 Å². The molecule has 0 unspecified atom stereocenters. The minimum absolute atomic E-state index is 0.542. The van der Waals surface area contributed by atoms with Gasteiger partial charge in [0.1, 0.15) is 0 Å².